The van der Waals surface area contributed by atoms with Gasteiger partial charge in [0.05, 0.1) is 18.0 Å². The van der Waals surface area contributed by atoms with E-state index in [0.717, 1.165) is 17.9 Å². The van der Waals surface area contributed by atoms with E-state index in [0.29, 0.717) is 0 Å². The molecule has 2 N–H and O–H groups in total. The first kappa shape index (κ1) is 14.1. The van der Waals surface area contributed by atoms with Gasteiger partial charge in [-0.2, -0.15) is 0 Å². The summed E-state index contributed by atoms with van der Waals surface area (Å²) in [5.74, 6) is 0.0498. The predicted octanol–water partition coefficient (Wildman–Crippen LogP) is 3.94. The molecule has 1 atom stereocenters. The van der Waals surface area contributed by atoms with Crippen LogP contribution in [0.2, 0.25) is 0 Å². The lowest BCUT2D eigenvalue weighted by atomic mass is 10.1. The molecule has 0 radical (unpaired) electrons. The van der Waals surface area contributed by atoms with Gasteiger partial charge in [-0.3, -0.25) is 4.79 Å². The molecule has 1 unspecified atom stereocenters. The second kappa shape index (κ2) is 6.23. The van der Waals surface area contributed by atoms with Crippen molar-refractivity contribution < 1.29 is 13.6 Å². The Morgan fingerprint density at radius 2 is 2.20 bits per heavy atom. The third-order valence-corrected chi connectivity index (χ3v) is 2.91. The second-order valence-corrected chi connectivity index (χ2v) is 4.50. The zero-order chi connectivity index (χ0) is 14.5. The van der Waals surface area contributed by atoms with Gasteiger partial charge in [-0.05, 0) is 36.8 Å². The van der Waals surface area contributed by atoms with Crippen LogP contribution in [0.15, 0.2) is 41.0 Å². The Bertz CT molecular complexity index is 582. The molecular weight excluding hydrogens is 259 g/mol. The van der Waals surface area contributed by atoms with Gasteiger partial charge in [0, 0.05) is 12.6 Å². The van der Waals surface area contributed by atoms with Crippen molar-refractivity contribution in [3.05, 3.63) is 48.2 Å². The van der Waals surface area contributed by atoms with Crippen LogP contribution < -0.4 is 10.6 Å². The smallest absolute Gasteiger partial charge is 0.221 e. The van der Waals surface area contributed by atoms with E-state index in [2.05, 4.69) is 10.6 Å². The Morgan fingerprint density at radius 1 is 1.40 bits per heavy atom. The summed E-state index contributed by atoms with van der Waals surface area (Å²) in [6, 6.07) is 8.24. The number of nitrogens with one attached hydrogen (secondary N) is 2. The average Bonchev–Trinajstić information content (AvgIpc) is 2.93. The number of carbonyl (C=O) groups excluding carboxylic acids is 1. The molecule has 2 rings (SSSR count). The minimum atomic E-state index is -0.461. The summed E-state index contributed by atoms with van der Waals surface area (Å²) in [7, 11) is 0. The first-order valence-electron chi connectivity index (χ1n) is 6.47. The summed E-state index contributed by atoms with van der Waals surface area (Å²) in [5, 5.41) is 5.72. The highest BCUT2D eigenvalue weighted by Crippen LogP contribution is 2.26. The minimum absolute atomic E-state index is 0.000592. The van der Waals surface area contributed by atoms with E-state index in [-0.39, 0.29) is 17.6 Å². The van der Waals surface area contributed by atoms with Gasteiger partial charge in [0.25, 0.3) is 0 Å². The Labute approximate surface area is 117 Å². The van der Waals surface area contributed by atoms with Crippen LogP contribution in [-0.2, 0) is 4.79 Å². The number of hydrogen-bond donors (Lipinski definition) is 2. The van der Waals surface area contributed by atoms with Crippen LogP contribution in [0, 0.1) is 5.82 Å². The van der Waals surface area contributed by atoms with Crippen molar-refractivity contribution in [3.8, 4) is 0 Å². The largest absolute Gasteiger partial charge is 0.467 e. The van der Waals surface area contributed by atoms with E-state index < -0.39 is 5.82 Å². The first-order valence-corrected chi connectivity index (χ1v) is 6.47. The molecule has 20 heavy (non-hydrogen) atoms. The van der Waals surface area contributed by atoms with E-state index in [1.165, 1.54) is 13.0 Å². The molecule has 0 aliphatic rings. The van der Waals surface area contributed by atoms with E-state index in [1.807, 2.05) is 19.1 Å². The number of hydrogen-bond acceptors (Lipinski definition) is 3. The highest BCUT2D eigenvalue weighted by molar-refractivity contribution is 5.89. The van der Waals surface area contributed by atoms with Crippen LogP contribution in [0.3, 0.4) is 0 Å². The fourth-order valence-electron chi connectivity index (χ4n) is 1.97. The first-order chi connectivity index (χ1) is 9.60. The summed E-state index contributed by atoms with van der Waals surface area (Å²) >= 11 is 0. The Hall–Kier alpha value is -2.30. The fourth-order valence-corrected chi connectivity index (χ4v) is 1.97. The van der Waals surface area contributed by atoms with Gasteiger partial charge in [0.2, 0.25) is 5.91 Å². The maximum atomic E-state index is 13.6. The average molecular weight is 276 g/mol. The van der Waals surface area contributed by atoms with Crippen molar-refractivity contribution >= 4 is 17.3 Å². The van der Waals surface area contributed by atoms with Crippen molar-refractivity contribution in [2.45, 2.75) is 26.3 Å². The van der Waals surface area contributed by atoms with Crippen molar-refractivity contribution in [2.24, 2.45) is 0 Å². The van der Waals surface area contributed by atoms with Crippen molar-refractivity contribution in [2.75, 3.05) is 10.6 Å². The zero-order valence-corrected chi connectivity index (χ0v) is 11.4. The van der Waals surface area contributed by atoms with Crippen LogP contribution in [0.1, 0.15) is 32.1 Å². The van der Waals surface area contributed by atoms with Gasteiger partial charge in [0.15, 0.2) is 0 Å². The fraction of sp³-hybridized carbons (Fsp3) is 0.267. The number of amides is 1. The van der Waals surface area contributed by atoms with E-state index >= 15 is 0 Å². The van der Waals surface area contributed by atoms with Crippen molar-refractivity contribution in [1.29, 1.82) is 0 Å². The maximum absolute atomic E-state index is 13.6. The van der Waals surface area contributed by atoms with Crippen LogP contribution >= 0.6 is 0 Å². The maximum Gasteiger partial charge on any atom is 0.221 e. The third-order valence-electron chi connectivity index (χ3n) is 2.91. The molecule has 0 spiro atoms. The lowest BCUT2D eigenvalue weighted by Crippen LogP contribution is -2.11. The molecule has 0 saturated heterocycles. The monoisotopic (exact) mass is 276 g/mol. The third kappa shape index (κ3) is 3.38. The highest BCUT2D eigenvalue weighted by Gasteiger charge is 2.13. The molecule has 1 heterocycles. The van der Waals surface area contributed by atoms with Crippen LogP contribution in [0.5, 0.6) is 0 Å². The number of furan rings is 1. The Morgan fingerprint density at radius 3 is 2.80 bits per heavy atom. The van der Waals surface area contributed by atoms with Crippen LogP contribution in [0.4, 0.5) is 15.8 Å². The highest BCUT2D eigenvalue weighted by atomic mass is 19.1. The number of halogens is 1. The normalized spacial score (nSPS) is 11.9. The van der Waals surface area contributed by atoms with Gasteiger partial charge >= 0.3 is 0 Å². The molecule has 1 aromatic carbocycles. The molecule has 0 fully saturated rings. The molecule has 0 bridgehead atoms. The topological polar surface area (TPSA) is 54.3 Å². The van der Waals surface area contributed by atoms with Crippen LogP contribution in [-0.4, -0.2) is 5.91 Å². The quantitative estimate of drug-likeness (QED) is 0.869. The van der Waals surface area contributed by atoms with E-state index in [4.69, 9.17) is 4.42 Å². The van der Waals surface area contributed by atoms with Crippen molar-refractivity contribution in [1.82, 2.24) is 0 Å². The lowest BCUT2D eigenvalue weighted by Gasteiger charge is -2.17. The summed E-state index contributed by atoms with van der Waals surface area (Å²) < 4.78 is 18.9. The van der Waals surface area contributed by atoms with Gasteiger partial charge in [0.1, 0.15) is 11.6 Å². The molecule has 0 saturated carbocycles. The molecule has 0 aliphatic carbocycles. The molecule has 106 valence electrons. The summed E-state index contributed by atoms with van der Waals surface area (Å²) in [4.78, 5) is 11.0. The molecule has 1 amide bonds. The van der Waals surface area contributed by atoms with E-state index in [1.54, 1.807) is 18.4 Å². The lowest BCUT2D eigenvalue weighted by molar-refractivity contribution is -0.114. The predicted molar refractivity (Wildman–Crippen MR) is 76.1 cm³/mol. The standard InChI is InChI=1S/C15H17FN2O2/c1-3-13(15-5-4-8-20-15)18-11-6-7-12(16)14(9-11)17-10(2)19/h4-9,13,18H,3H2,1-2H3,(H,17,19). The van der Waals surface area contributed by atoms with Crippen LogP contribution in [0.25, 0.3) is 0 Å². The van der Waals surface area contributed by atoms with Gasteiger partial charge in [-0.1, -0.05) is 6.92 Å². The number of anilines is 2. The summed E-state index contributed by atoms with van der Waals surface area (Å²) in [5.41, 5.74) is 0.884. The molecule has 4 nitrogen and oxygen atoms in total. The molecule has 2 aromatic rings. The van der Waals surface area contributed by atoms with Gasteiger partial charge in [-0.15, -0.1) is 0 Å². The number of benzene rings is 1. The Kier molecular flexibility index (Phi) is 4.40. The van der Waals surface area contributed by atoms with Gasteiger partial charge in [-0.25, -0.2) is 4.39 Å². The number of rotatable bonds is 5. The molecular formula is C15H17FN2O2. The number of carbonyl (C=O) groups is 1. The second-order valence-electron chi connectivity index (χ2n) is 4.50. The van der Waals surface area contributed by atoms with E-state index in [9.17, 15) is 9.18 Å². The molecule has 0 aliphatic heterocycles. The zero-order valence-electron chi connectivity index (χ0n) is 11.4. The van der Waals surface area contributed by atoms with Gasteiger partial charge < -0.3 is 15.1 Å². The Balaban J connectivity index is 2.18. The molecule has 1 aromatic heterocycles. The summed E-state index contributed by atoms with van der Waals surface area (Å²) in [6.07, 6.45) is 2.44. The SMILES string of the molecule is CCC(Nc1ccc(F)c(NC(C)=O)c1)c1ccco1. The summed E-state index contributed by atoms with van der Waals surface area (Å²) in [6.45, 7) is 3.37. The molecule has 5 heteroatoms. The van der Waals surface area contributed by atoms with Crippen molar-refractivity contribution in [3.63, 3.8) is 0 Å². The minimum Gasteiger partial charge on any atom is -0.467 e.